The van der Waals surface area contributed by atoms with Crippen LogP contribution in [0.15, 0.2) is 0 Å². The number of nitrogens with one attached hydrogen (secondary N) is 1. The van der Waals surface area contributed by atoms with Crippen molar-refractivity contribution < 1.29 is 19.7 Å². The number of ether oxygens (including phenoxy) is 1. The van der Waals surface area contributed by atoms with E-state index in [4.69, 9.17) is 9.84 Å². The third-order valence-electron chi connectivity index (χ3n) is 1.97. The lowest BCUT2D eigenvalue weighted by atomic mass is 10.1. The van der Waals surface area contributed by atoms with E-state index in [1.165, 1.54) is 7.11 Å². The van der Waals surface area contributed by atoms with Crippen LogP contribution in [-0.4, -0.2) is 48.6 Å². The van der Waals surface area contributed by atoms with Crippen molar-refractivity contribution in [2.24, 2.45) is 5.92 Å². The third-order valence-corrected chi connectivity index (χ3v) is 1.97. The van der Waals surface area contributed by atoms with Gasteiger partial charge in [0.05, 0.1) is 12.7 Å². The summed E-state index contributed by atoms with van der Waals surface area (Å²) in [5.74, 6) is -0.859. The van der Waals surface area contributed by atoms with Crippen LogP contribution in [0.1, 0.15) is 13.8 Å². The van der Waals surface area contributed by atoms with Crippen LogP contribution in [0.3, 0.4) is 0 Å². The fourth-order valence-electron chi connectivity index (χ4n) is 0.883. The Balaban J connectivity index is 3.87. The summed E-state index contributed by atoms with van der Waals surface area (Å²) >= 11 is 0. The maximum absolute atomic E-state index is 10.6. The third kappa shape index (κ3) is 5.16. The first-order chi connectivity index (χ1) is 6.49. The molecule has 0 radical (unpaired) electrons. The van der Waals surface area contributed by atoms with Gasteiger partial charge in [0.15, 0.2) is 0 Å². The van der Waals surface area contributed by atoms with Gasteiger partial charge in [-0.2, -0.15) is 0 Å². The lowest BCUT2D eigenvalue weighted by Crippen LogP contribution is -2.44. The first kappa shape index (κ1) is 13.4. The number of hydrogen-bond donors (Lipinski definition) is 3. The number of carbonyl (C=O) groups is 1. The molecule has 0 aliphatic rings. The molecule has 14 heavy (non-hydrogen) atoms. The van der Waals surface area contributed by atoms with Crippen molar-refractivity contribution in [1.29, 1.82) is 0 Å². The van der Waals surface area contributed by atoms with Gasteiger partial charge in [-0.1, -0.05) is 13.8 Å². The zero-order valence-electron chi connectivity index (χ0n) is 8.86. The smallest absolute Gasteiger partial charge is 0.323 e. The van der Waals surface area contributed by atoms with Gasteiger partial charge in [0.25, 0.3) is 0 Å². The molecule has 0 aromatic rings. The van der Waals surface area contributed by atoms with Crippen LogP contribution in [0, 0.1) is 5.92 Å². The monoisotopic (exact) mass is 205 g/mol. The van der Waals surface area contributed by atoms with E-state index in [0.717, 1.165) is 0 Å². The van der Waals surface area contributed by atoms with Gasteiger partial charge in [-0.25, -0.2) is 0 Å². The van der Waals surface area contributed by atoms with Gasteiger partial charge in [0.1, 0.15) is 6.04 Å². The molecular formula is C9H19NO4. The number of aliphatic carboxylic acids is 1. The molecule has 0 saturated carbocycles. The molecule has 84 valence electrons. The fourth-order valence-corrected chi connectivity index (χ4v) is 0.883. The van der Waals surface area contributed by atoms with Gasteiger partial charge >= 0.3 is 5.97 Å². The highest BCUT2D eigenvalue weighted by atomic mass is 16.5. The molecule has 0 rings (SSSR count). The SMILES string of the molecule is COCC(NCC(O)C(C)C)C(=O)O. The Hall–Kier alpha value is -0.650. The number of rotatable bonds is 7. The average molecular weight is 205 g/mol. The Morgan fingerprint density at radius 1 is 1.50 bits per heavy atom. The molecule has 0 heterocycles. The van der Waals surface area contributed by atoms with E-state index in [1.54, 1.807) is 0 Å². The molecule has 0 aromatic carbocycles. The van der Waals surface area contributed by atoms with Crippen LogP contribution in [0.4, 0.5) is 0 Å². The Labute approximate surface area is 84.1 Å². The first-order valence-electron chi connectivity index (χ1n) is 4.62. The predicted molar refractivity (Wildman–Crippen MR) is 52.1 cm³/mol. The van der Waals surface area contributed by atoms with E-state index in [2.05, 4.69) is 5.32 Å². The van der Waals surface area contributed by atoms with E-state index in [-0.39, 0.29) is 19.1 Å². The van der Waals surface area contributed by atoms with Gasteiger partial charge < -0.3 is 14.9 Å². The van der Waals surface area contributed by atoms with Gasteiger partial charge in [0.2, 0.25) is 0 Å². The van der Waals surface area contributed by atoms with Crippen molar-refractivity contribution >= 4 is 5.97 Å². The molecule has 5 heteroatoms. The Kier molecular flexibility index (Phi) is 6.44. The summed E-state index contributed by atoms with van der Waals surface area (Å²) in [6.07, 6.45) is -0.534. The summed E-state index contributed by atoms with van der Waals surface area (Å²) in [6, 6.07) is -0.756. The first-order valence-corrected chi connectivity index (χ1v) is 4.62. The minimum absolute atomic E-state index is 0.0974. The highest BCUT2D eigenvalue weighted by Gasteiger charge is 2.18. The summed E-state index contributed by atoms with van der Waals surface area (Å²) in [4.78, 5) is 10.6. The minimum Gasteiger partial charge on any atom is -0.480 e. The zero-order valence-corrected chi connectivity index (χ0v) is 8.86. The van der Waals surface area contributed by atoms with Crippen molar-refractivity contribution in [2.45, 2.75) is 26.0 Å². The number of methoxy groups -OCH3 is 1. The van der Waals surface area contributed by atoms with Crippen LogP contribution in [0.2, 0.25) is 0 Å². The maximum atomic E-state index is 10.6. The highest BCUT2D eigenvalue weighted by molar-refractivity contribution is 5.73. The Bertz CT molecular complexity index is 172. The molecule has 0 amide bonds. The van der Waals surface area contributed by atoms with E-state index < -0.39 is 18.1 Å². The molecule has 0 saturated heterocycles. The molecule has 0 aromatic heterocycles. The van der Waals surface area contributed by atoms with Crippen molar-refractivity contribution in [3.8, 4) is 0 Å². The molecule has 3 N–H and O–H groups in total. The Morgan fingerprint density at radius 2 is 2.07 bits per heavy atom. The largest absolute Gasteiger partial charge is 0.480 e. The van der Waals surface area contributed by atoms with Gasteiger partial charge in [-0.05, 0) is 5.92 Å². The summed E-state index contributed by atoms with van der Waals surface area (Å²) in [6.45, 7) is 4.11. The van der Waals surface area contributed by atoms with Gasteiger partial charge in [-0.15, -0.1) is 0 Å². The predicted octanol–water partition coefficient (Wildman–Crippen LogP) is -0.307. The summed E-state index contributed by atoms with van der Waals surface area (Å²) in [5.41, 5.74) is 0. The molecule has 2 unspecified atom stereocenters. The second-order valence-electron chi connectivity index (χ2n) is 3.57. The maximum Gasteiger partial charge on any atom is 0.323 e. The number of aliphatic hydroxyl groups is 1. The lowest BCUT2D eigenvalue weighted by molar-refractivity contribution is -0.141. The minimum atomic E-state index is -0.970. The number of carboxylic acids is 1. The molecule has 0 aliphatic heterocycles. The van der Waals surface area contributed by atoms with Crippen molar-refractivity contribution in [3.05, 3.63) is 0 Å². The van der Waals surface area contributed by atoms with Crippen LogP contribution in [-0.2, 0) is 9.53 Å². The van der Waals surface area contributed by atoms with Crippen LogP contribution in [0.5, 0.6) is 0 Å². The summed E-state index contributed by atoms with van der Waals surface area (Å²) in [7, 11) is 1.44. The molecular weight excluding hydrogens is 186 g/mol. The zero-order chi connectivity index (χ0) is 11.1. The van der Waals surface area contributed by atoms with Crippen LogP contribution < -0.4 is 5.32 Å². The molecule has 0 fully saturated rings. The fraction of sp³-hybridized carbons (Fsp3) is 0.889. The van der Waals surface area contributed by atoms with E-state index in [9.17, 15) is 9.90 Å². The molecule has 0 aliphatic carbocycles. The second kappa shape index (κ2) is 6.75. The second-order valence-corrected chi connectivity index (χ2v) is 3.57. The topological polar surface area (TPSA) is 78.8 Å². The Morgan fingerprint density at radius 3 is 2.43 bits per heavy atom. The number of carboxylic acid groups (broad SMARTS) is 1. The molecule has 2 atom stereocenters. The standard InChI is InChI=1S/C9H19NO4/c1-6(2)8(11)4-10-7(5-14-3)9(12)13/h6-8,10-11H,4-5H2,1-3H3,(H,12,13). The number of aliphatic hydroxyl groups excluding tert-OH is 1. The van der Waals surface area contributed by atoms with E-state index >= 15 is 0 Å². The van der Waals surface area contributed by atoms with Crippen LogP contribution >= 0.6 is 0 Å². The lowest BCUT2D eigenvalue weighted by Gasteiger charge is -2.18. The number of hydrogen-bond acceptors (Lipinski definition) is 4. The molecule has 0 bridgehead atoms. The van der Waals surface area contributed by atoms with Crippen molar-refractivity contribution in [3.63, 3.8) is 0 Å². The van der Waals surface area contributed by atoms with Crippen molar-refractivity contribution in [1.82, 2.24) is 5.32 Å². The normalized spacial score (nSPS) is 15.5. The van der Waals surface area contributed by atoms with Crippen LogP contribution in [0.25, 0.3) is 0 Å². The van der Waals surface area contributed by atoms with E-state index in [0.29, 0.717) is 0 Å². The summed E-state index contributed by atoms with van der Waals surface area (Å²) in [5, 5.41) is 20.9. The highest BCUT2D eigenvalue weighted by Crippen LogP contribution is 1.99. The molecule has 0 spiro atoms. The van der Waals surface area contributed by atoms with Gasteiger partial charge in [-0.3, -0.25) is 10.1 Å². The molecule has 5 nitrogen and oxygen atoms in total. The van der Waals surface area contributed by atoms with E-state index in [1.807, 2.05) is 13.8 Å². The van der Waals surface area contributed by atoms with Gasteiger partial charge in [0, 0.05) is 13.7 Å². The quantitative estimate of drug-likeness (QED) is 0.531. The van der Waals surface area contributed by atoms with Crippen molar-refractivity contribution in [2.75, 3.05) is 20.3 Å². The average Bonchev–Trinajstić information content (AvgIpc) is 2.10. The summed E-state index contributed by atoms with van der Waals surface area (Å²) < 4.78 is 4.73.